The second-order valence-corrected chi connectivity index (χ2v) is 14.2. The first-order valence-electron chi connectivity index (χ1n) is 5.75. The minimum atomic E-state index is -2.14. The second-order valence-electron chi connectivity index (χ2n) is 4.75. The maximum absolute atomic E-state index is 8.02. The van der Waals surface area contributed by atoms with Gasteiger partial charge in [-0.25, -0.2) is 0 Å². The van der Waals surface area contributed by atoms with Crippen molar-refractivity contribution in [2.24, 2.45) is 0 Å². The van der Waals surface area contributed by atoms with Crippen molar-refractivity contribution in [3.63, 3.8) is 0 Å². The molecule has 0 fully saturated rings. The van der Waals surface area contributed by atoms with E-state index in [1.165, 1.54) is 0 Å². The highest BCUT2D eigenvalue weighted by molar-refractivity contribution is 6.81. The molecule has 10 heavy (non-hydrogen) atoms. The Morgan fingerprint density at radius 3 is 1.10 bits per heavy atom. The van der Waals surface area contributed by atoms with E-state index in [0.717, 1.165) is 0 Å². The van der Waals surface area contributed by atoms with Crippen LogP contribution in [0.25, 0.3) is 0 Å². The van der Waals surface area contributed by atoms with Gasteiger partial charge < -0.3 is 0 Å². The normalized spacial score (nSPS) is 22.6. The van der Waals surface area contributed by atoms with Crippen LogP contribution >= 0.6 is 0 Å². The standard InChI is InChI=1S/C8H22Si2/c1-9(2,3)7-8-10(4,5)6/h7-8H2,1-6H3/i7D2,8D2. The lowest BCUT2D eigenvalue weighted by Crippen LogP contribution is -2.26. The van der Waals surface area contributed by atoms with Gasteiger partial charge in [0.25, 0.3) is 0 Å². The van der Waals surface area contributed by atoms with Crippen LogP contribution in [-0.2, 0) is 0 Å². The van der Waals surface area contributed by atoms with E-state index in [1.807, 2.05) is 39.3 Å². The van der Waals surface area contributed by atoms with Crippen molar-refractivity contribution in [3.05, 3.63) is 0 Å². The van der Waals surface area contributed by atoms with E-state index < -0.39 is 28.1 Å². The van der Waals surface area contributed by atoms with Crippen molar-refractivity contribution in [1.29, 1.82) is 0 Å². The third-order valence-electron chi connectivity index (χ3n) is 0.812. The molecule has 0 atom stereocenters. The van der Waals surface area contributed by atoms with E-state index in [1.54, 1.807) is 0 Å². The Balaban J connectivity index is 5.30. The second kappa shape index (κ2) is 3.22. The SMILES string of the molecule is [2H]C([2H])(C([2H])([2H])[Si](C)(C)C)[Si](C)(C)C. The lowest BCUT2D eigenvalue weighted by molar-refractivity contribution is 1.27. The quantitative estimate of drug-likeness (QED) is 0.579. The van der Waals surface area contributed by atoms with Gasteiger partial charge in [-0.1, -0.05) is 51.3 Å². The monoisotopic (exact) mass is 178 g/mol. The van der Waals surface area contributed by atoms with Crippen molar-refractivity contribution in [2.75, 3.05) is 0 Å². The van der Waals surface area contributed by atoms with Crippen LogP contribution in [0.3, 0.4) is 0 Å². The van der Waals surface area contributed by atoms with Crippen molar-refractivity contribution in [3.8, 4) is 0 Å². The van der Waals surface area contributed by atoms with Gasteiger partial charge in [-0.2, -0.15) is 0 Å². The van der Waals surface area contributed by atoms with E-state index in [-0.39, 0.29) is 0 Å². The van der Waals surface area contributed by atoms with Crippen LogP contribution in [-0.4, -0.2) is 16.1 Å². The molecular formula is C8H22Si2. The Kier molecular flexibility index (Phi) is 1.66. The summed E-state index contributed by atoms with van der Waals surface area (Å²) in [6, 6.07) is 0. The van der Waals surface area contributed by atoms with Crippen LogP contribution in [0, 0.1) is 0 Å². The summed E-state index contributed by atoms with van der Waals surface area (Å²) in [5, 5.41) is 0. The van der Waals surface area contributed by atoms with Crippen LogP contribution in [0.4, 0.5) is 0 Å². The molecule has 0 aliphatic heterocycles. The maximum atomic E-state index is 8.02. The molecule has 0 rings (SSSR count). The molecule has 0 aliphatic rings. The van der Waals surface area contributed by atoms with Crippen molar-refractivity contribution in [2.45, 2.75) is 51.3 Å². The van der Waals surface area contributed by atoms with Gasteiger partial charge in [0.05, 0.1) is 0 Å². The molecule has 0 unspecified atom stereocenters. The molecule has 0 saturated carbocycles. The molecule has 0 aromatic carbocycles. The lowest BCUT2D eigenvalue weighted by atomic mass is 10.9. The third kappa shape index (κ3) is 8.43. The maximum Gasteiger partial charge on any atom is 0.0439 e. The largest absolute Gasteiger partial charge is 0.0696 e. The molecule has 0 radical (unpaired) electrons. The first-order chi connectivity index (χ1) is 5.75. The van der Waals surface area contributed by atoms with Gasteiger partial charge in [0.1, 0.15) is 0 Å². The van der Waals surface area contributed by atoms with E-state index in [4.69, 9.17) is 5.48 Å². The van der Waals surface area contributed by atoms with Gasteiger partial charge in [0.2, 0.25) is 0 Å². The van der Waals surface area contributed by atoms with Crippen molar-refractivity contribution >= 4 is 16.1 Å². The molecule has 0 saturated heterocycles. The van der Waals surface area contributed by atoms with Crippen LogP contribution in [0.2, 0.25) is 51.3 Å². The van der Waals surface area contributed by atoms with Gasteiger partial charge in [-0.3, -0.25) is 0 Å². The first-order valence-corrected chi connectivity index (χ1v) is 10.8. The van der Waals surface area contributed by atoms with Crippen LogP contribution in [0.15, 0.2) is 0 Å². The lowest BCUT2D eigenvalue weighted by Gasteiger charge is -2.22. The smallest absolute Gasteiger partial charge is 0.0439 e. The van der Waals surface area contributed by atoms with E-state index >= 15 is 0 Å². The van der Waals surface area contributed by atoms with Gasteiger partial charge >= 0.3 is 0 Å². The third-order valence-corrected chi connectivity index (χ3v) is 2.81. The van der Waals surface area contributed by atoms with Gasteiger partial charge in [0, 0.05) is 21.6 Å². The molecule has 0 aromatic heterocycles. The number of rotatable bonds is 3. The Labute approximate surface area is 73.7 Å². The molecule has 62 valence electrons. The molecule has 2 heteroatoms. The Bertz CT molecular complexity index is 188. The Morgan fingerprint density at radius 1 is 0.800 bits per heavy atom. The highest BCUT2D eigenvalue weighted by Crippen LogP contribution is 2.19. The molecule has 0 aromatic rings. The molecular weight excluding hydrogens is 152 g/mol. The van der Waals surface area contributed by atoms with Crippen LogP contribution in [0.1, 0.15) is 5.48 Å². The predicted octanol–water partition coefficient (Wildman–Crippen LogP) is 3.66. The summed E-state index contributed by atoms with van der Waals surface area (Å²) in [6.45, 7) is 11.4. The molecule has 0 aliphatic carbocycles. The zero-order valence-corrected chi connectivity index (χ0v) is 10.0. The summed E-state index contributed by atoms with van der Waals surface area (Å²) in [5.74, 6) is -3.30. The summed E-state index contributed by atoms with van der Waals surface area (Å²) in [4.78, 5) is 0. The molecule has 0 heterocycles. The average molecular weight is 178 g/mol. The van der Waals surface area contributed by atoms with Gasteiger partial charge in [-0.05, 0) is 0 Å². The van der Waals surface area contributed by atoms with Gasteiger partial charge in [-0.15, -0.1) is 0 Å². The minimum Gasteiger partial charge on any atom is -0.0696 e. The number of hydrogen-bond acceptors (Lipinski definition) is 0. The zero-order valence-electron chi connectivity index (χ0n) is 12.0. The van der Waals surface area contributed by atoms with E-state index in [2.05, 4.69) is 0 Å². The summed E-state index contributed by atoms with van der Waals surface area (Å²) in [6.07, 6.45) is 0. The fourth-order valence-corrected chi connectivity index (χ4v) is 3.38. The fraction of sp³-hybridized carbons (Fsp3) is 1.00. The summed E-state index contributed by atoms with van der Waals surface area (Å²) in [7, 11) is -4.27. The summed E-state index contributed by atoms with van der Waals surface area (Å²) in [5.41, 5.74) is 0. The zero-order chi connectivity index (χ0) is 12.0. The topological polar surface area (TPSA) is 0 Å². The van der Waals surface area contributed by atoms with E-state index in [9.17, 15) is 0 Å². The first kappa shape index (κ1) is 5.15. The minimum absolute atomic E-state index is 1.65. The van der Waals surface area contributed by atoms with Crippen molar-refractivity contribution in [1.82, 2.24) is 0 Å². The Hall–Kier alpha value is 0.434. The molecule has 0 bridgehead atoms. The van der Waals surface area contributed by atoms with Crippen LogP contribution < -0.4 is 0 Å². The van der Waals surface area contributed by atoms with Crippen molar-refractivity contribution < 1.29 is 5.48 Å². The summed E-state index contributed by atoms with van der Waals surface area (Å²) >= 11 is 0. The molecule has 0 nitrogen and oxygen atoms in total. The van der Waals surface area contributed by atoms with Gasteiger partial charge in [0.15, 0.2) is 0 Å². The Morgan fingerprint density at radius 2 is 1.00 bits per heavy atom. The average Bonchev–Trinajstić information content (AvgIpc) is 1.81. The molecule has 0 spiro atoms. The van der Waals surface area contributed by atoms with E-state index in [0.29, 0.717) is 0 Å². The fourth-order valence-electron chi connectivity index (χ4n) is 0.375. The highest BCUT2D eigenvalue weighted by Gasteiger charge is 2.19. The highest BCUT2D eigenvalue weighted by atomic mass is 28.3. The molecule has 0 N–H and O–H groups in total. The molecule has 0 amide bonds. The predicted molar refractivity (Wildman–Crippen MR) is 56.3 cm³/mol. The summed E-state index contributed by atoms with van der Waals surface area (Å²) < 4.78 is 32.1. The van der Waals surface area contributed by atoms with Crippen LogP contribution in [0.5, 0.6) is 0 Å². The number of hydrogen-bond donors (Lipinski definition) is 0.